The van der Waals surface area contributed by atoms with Crippen molar-refractivity contribution in [3.8, 4) is 11.8 Å². The molecule has 0 saturated heterocycles. The van der Waals surface area contributed by atoms with Crippen LogP contribution in [-0.2, 0) is 11.3 Å². The Morgan fingerprint density at radius 3 is 2.92 bits per heavy atom. The van der Waals surface area contributed by atoms with Crippen LogP contribution >= 0.6 is 11.3 Å². The number of rotatable bonds is 2. The number of carbonyl (C=O) groups excluding carboxylic acids is 1. The first-order chi connectivity index (χ1) is 6.22. The van der Waals surface area contributed by atoms with E-state index in [0.717, 1.165) is 10.0 Å². The quantitative estimate of drug-likeness (QED) is 0.698. The van der Waals surface area contributed by atoms with Crippen molar-refractivity contribution in [2.24, 2.45) is 0 Å². The molecule has 1 heterocycles. The summed E-state index contributed by atoms with van der Waals surface area (Å²) < 4.78 is 0. The molecule has 1 N–H and O–H groups in total. The lowest BCUT2D eigenvalue weighted by molar-refractivity contribution is -0.115. The van der Waals surface area contributed by atoms with Crippen molar-refractivity contribution in [2.75, 3.05) is 0 Å². The molecule has 0 aliphatic heterocycles. The average Bonchev–Trinajstić information content (AvgIpc) is 2.49. The fourth-order valence-corrected chi connectivity index (χ4v) is 1.37. The van der Waals surface area contributed by atoms with E-state index in [0.29, 0.717) is 6.54 Å². The lowest BCUT2D eigenvalue weighted by Crippen LogP contribution is -2.20. The molecule has 1 rings (SSSR count). The molecule has 0 fully saturated rings. The summed E-state index contributed by atoms with van der Waals surface area (Å²) in [6, 6.07) is 0. The minimum absolute atomic E-state index is 0.282. The third-order valence-corrected chi connectivity index (χ3v) is 2.05. The van der Waals surface area contributed by atoms with E-state index < -0.39 is 0 Å². The van der Waals surface area contributed by atoms with Crippen LogP contribution in [0, 0.1) is 18.8 Å². The summed E-state index contributed by atoms with van der Waals surface area (Å²) in [4.78, 5) is 10.9. The van der Waals surface area contributed by atoms with Crippen molar-refractivity contribution in [2.45, 2.75) is 20.4 Å². The van der Waals surface area contributed by atoms with Crippen LogP contribution < -0.4 is 5.32 Å². The molecule has 0 saturated carbocycles. The molecule has 1 aromatic heterocycles. The summed E-state index contributed by atoms with van der Waals surface area (Å²) in [6.45, 7) is 3.89. The van der Waals surface area contributed by atoms with Crippen LogP contribution in [0.25, 0.3) is 0 Å². The molecule has 13 heavy (non-hydrogen) atoms. The zero-order valence-electron chi connectivity index (χ0n) is 7.42. The standard InChI is InChI=1S/C8H9N3OS/c1-3-4-7(12)9-5-8-11-10-6(2)13-8/h5H2,1-2H3,(H,9,12). The summed E-state index contributed by atoms with van der Waals surface area (Å²) in [7, 11) is 0. The van der Waals surface area contributed by atoms with Crippen LogP contribution in [0.2, 0.25) is 0 Å². The monoisotopic (exact) mass is 195 g/mol. The van der Waals surface area contributed by atoms with Crippen molar-refractivity contribution in [3.05, 3.63) is 10.0 Å². The van der Waals surface area contributed by atoms with Gasteiger partial charge in [-0.15, -0.1) is 10.2 Å². The van der Waals surface area contributed by atoms with E-state index in [2.05, 4.69) is 27.4 Å². The predicted molar refractivity (Wildman–Crippen MR) is 49.9 cm³/mol. The second-order valence-electron chi connectivity index (χ2n) is 2.27. The van der Waals surface area contributed by atoms with E-state index in [4.69, 9.17) is 0 Å². The smallest absolute Gasteiger partial charge is 0.296 e. The van der Waals surface area contributed by atoms with Gasteiger partial charge < -0.3 is 5.32 Å². The average molecular weight is 195 g/mol. The van der Waals surface area contributed by atoms with Crippen molar-refractivity contribution >= 4 is 17.2 Å². The van der Waals surface area contributed by atoms with Crippen LogP contribution in [0.5, 0.6) is 0 Å². The van der Waals surface area contributed by atoms with Crippen LogP contribution in [0.1, 0.15) is 16.9 Å². The van der Waals surface area contributed by atoms with E-state index in [-0.39, 0.29) is 5.91 Å². The Balaban J connectivity index is 2.42. The highest BCUT2D eigenvalue weighted by molar-refractivity contribution is 7.11. The van der Waals surface area contributed by atoms with Gasteiger partial charge in [0.2, 0.25) is 0 Å². The maximum absolute atomic E-state index is 10.9. The minimum Gasteiger partial charge on any atom is -0.339 e. The third kappa shape index (κ3) is 3.22. The second kappa shape index (κ2) is 4.58. The lowest BCUT2D eigenvalue weighted by atomic mass is 10.5. The highest BCUT2D eigenvalue weighted by atomic mass is 32.1. The largest absolute Gasteiger partial charge is 0.339 e. The van der Waals surface area contributed by atoms with Gasteiger partial charge >= 0.3 is 0 Å². The first-order valence-electron chi connectivity index (χ1n) is 3.72. The first-order valence-corrected chi connectivity index (χ1v) is 4.53. The molecule has 0 aliphatic carbocycles. The fourth-order valence-electron chi connectivity index (χ4n) is 0.723. The van der Waals surface area contributed by atoms with E-state index in [1.54, 1.807) is 6.92 Å². The summed E-state index contributed by atoms with van der Waals surface area (Å²) in [5.74, 6) is 4.61. The normalized spacial score (nSPS) is 8.77. The zero-order chi connectivity index (χ0) is 9.68. The van der Waals surface area contributed by atoms with Crippen LogP contribution in [-0.4, -0.2) is 16.1 Å². The Kier molecular flexibility index (Phi) is 3.41. The minimum atomic E-state index is -0.282. The van der Waals surface area contributed by atoms with Gasteiger partial charge in [0.05, 0.1) is 6.54 Å². The van der Waals surface area contributed by atoms with Gasteiger partial charge in [0.1, 0.15) is 10.0 Å². The number of aromatic nitrogens is 2. The molecule has 68 valence electrons. The predicted octanol–water partition coefficient (Wildman–Crippen LogP) is 0.486. The molecule has 0 aromatic carbocycles. The number of hydrogen-bond donors (Lipinski definition) is 1. The van der Waals surface area contributed by atoms with Gasteiger partial charge in [0.25, 0.3) is 5.91 Å². The van der Waals surface area contributed by atoms with Crippen molar-refractivity contribution in [1.29, 1.82) is 0 Å². The van der Waals surface area contributed by atoms with Gasteiger partial charge in [0, 0.05) is 0 Å². The van der Waals surface area contributed by atoms with Gasteiger partial charge in [-0.2, -0.15) is 0 Å². The number of amides is 1. The SMILES string of the molecule is CC#CC(=O)NCc1nnc(C)s1. The Morgan fingerprint density at radius 1 is 1.62 bits per heavy atom. The van der Waals surface area contributed by atoms with Gasteiger partial charge in [-0.25, -0.2) is 0 Å². The highest BCUT2D eigenvalue weighted by Crippen LogP contribution is 2.06. The summed E-state index contributed by atoms with van der Waals surface area (Å²) in [5, 5.41) is 12.0. The molecule has 0 aliphatic rings. The molecule has 0 unspecified atom stereocenters. The van der Waals surface area contributed by atoms with Crippen LogP contribution in [0.15, 0.2) is 0 Å². The van der Waals surface area contributed by atoms with Gasteiger partial charge in [-0.3, -0.25) is 4.79 Å². The molecule has 4 nitrogen and oxygen atoms in total. The maximum atomic E-state index is 10.9. The Morgan fingerprint density at radius 2 is 2.38 bits per heavy atom. The fraction of sp³-hybridized carbons (Fsp3) is 0.375. The second-order valence-corrected chi connectivity index (χ2v) is 3.54. The molecular formula is C8H9N3OS. The van der Waals surface area contributed by atoms with Gasteiger partial charge in [0.15, 0.2) is 0 Å². The van der Waals surface area contributed by atoms with Crippen LogP contribution in [0.4, 0.5) is 0 Å². The number of carbonyl (C=O) groups is 1. The van der Waals surface area contributed by atoms with E-state index in [1.807, 2.05) is 6.92 Å². The molecular weight excluding hydrogens is 186 g/mol. The molecule has 0 spiro atoms. The number of aryl methyl sites for hydroxylation is 1. The first kappa shape index (κ1) is 9.68. The zero-order valence-corrected chi connectivity index (χ0v) is 8.23. The summed E-state index contributed by atoms with van der Waals surface area (Å²) in [6.07, 6.45) is 0. The van der Waals surface area contributed by atoms with Crippen LogP contribution in [0.3, 0.4) is 0 Å². The Bertz CT molecular complexity index is 361. The Hall–Kier alpha value is -1.41. The van der Waals surface area contributed by atoms with E-state index >= 15 is 0 Å². The molecule has 0 atom stereocenters. The number of hydrogen-bond acceptors (Lipinski definition) is 4. The van der Waals surface area contributed by atoms with Crippen molar-refractivity contribution in [3.63, 3.8) is 0 Å². The van der Waals surface area contributed by atoms with E-state index in [1.165, 1.54) is 11.3 Å². The molecule has 1 amide bonds. The maximum Gasteiger partial charge on any atom is 0.296 e. The summed E-state index contributed by atoms with van der Waals surface area (Å²) >= 11 is 1.46. The highest BCUT2D eigenvalue weighted by Gasteiger charge is 2.01. The summed E-state index contributed by atoms with van der Waals surface area (Å²) in [5.41, 5.74) is 0. The van der Waals surface area contributed by atoms with Gasteiger partial charge in [-0.1, -0.05) is 17.3 Å². The molecule has 0 bridgehead atoms. The van der Waals surface area contributed by atoms with Crippen molar-refractivity contribution in [1.82, 2.24) is 15.5 Å². The number of nitrogens with one attached hydrogen (secondary N) is 1. The van der Waals surface area contributed by atoms with Crippen molar-refractivity contribution < 1.29 is 4.79 Å². The lowest BCUT2D eigenvalue weighted by Gasteiger charge is -1.93. The Labute approximate surface area is 80.4 Å². The number of nitrogens with zero attached hydrogens (tertiary/aromatic N) is 2. The molecule has 1 aromatic rings. The topological polar surface area (TPSA) is 54.9 Å². The van der Waals surface area contributed by atoms with Gasteiger partial charge in [-0.05, 0) is 19.8 Å². The third-order valence-electron chi connectivity index (χ3n) is 1.21. The molecule has 5 heteroatoms. The van der Waals surface area contributed by atoms with E-state index in [9.17, 15) is 4.79 Å². The molecule has 0 radical (unpaired) electrons.